The van der Waals surface area contributed by atoms with E-state index < -0.39 is 21.5 Å². The van der Waals surface area contributed by atoms with E-state index in [1.165, 1.54) is 19.2 Å². The van der Waals surface area contributed by atoms with Crippen molar-refractivity contribution in [1.82, 2.24) is 4.98 Å². The molecule has 1 heterocycles. The molecule has 0 saturated heterocycles. The van der Waals surface area contributed by atoms with Crippen LogP contribution in [0.4, 0.5) is 0 Å². The van der Waals surface area contributed by atoms with Gasteiger partial charge in [0.1, 0.15) is 11.4 Å². The van der Waals surface area contributed by atoms with Crippen molar-refractivity contribution >= 4 is 32.4 Å². The van der Waals surface area contributed by atoms with Gasteiger partial charge in [0, 0.05) is 16.5 Å². The van der Waals surface area contributed by atoms with Crippen molar-refractivity contribution in [3.05, 3.63) is 89.6 Å². The predicted molar refractivity (Wildman–Crippen MR) is 122 cm³/mol. The fourth-order valence-corrected chi connectivity index (χ4v) is 4.27. The summed E-state index contributed by atoms with van der Waals surface area (Å²) in [5, 5.41) is 11.2. The Bertz CT molecular complexity index is 1440. The molecule has 1 aromatic heterocycles. The number of hydrogen-bond acceptors (Lipinski definition) is 5. The number of carbonyl (C=O) groups excluding carboxylic acids is 1. The summed E-state index contributed by atoms with van der Waals surface area (Å²) in [6.07, 6.45) is 0. The molecular formula is C24H20N2O5S. The summed E-state index contributed by atoms with van der Waals surface area (Å²) >= 11 is 0. The van der Waals surface area contributed by atoms with Gasteiger partial charge >= 0.3 is 0 Å². The Labute approximate surface area is 185 Å². The van der Waals surface area contributed by atoms with E-state index in [2.05, 4.69) is 9.38 Å². The molecule has 0 aliphatic heterocycles. The third-order valence-electron chi connectivity index (χ3n) is 5.00. The molecule has 0 spiro atoms. The highest BCUT2D eigenvalue weighted by Gasteiger charge is 2.26. The first kappa shape index (κ1) is 21.3. The molecule has 0 fully saturated rings. The molecule has 4 rings (SSSR count). The maximum Gasteiger partial charge on any atom is 0.283 e. The summed E-state index contributed by atoms with van der Waals surface area (Å²) < 4.78 is 35.1. The highest BCUT2D eigenvalue weighted by Crippen LogP contribution is 2.33. The average Bonchev–Trinajstić information content (AvgIpc) is 3.13. The van der Waals surface area contributed by atoms with Gasteiger partial charge in [0.05, 0.1) is 12.0 Å². The van der Waals surface area contributed by atoms with Crippen LogP contribution in [0, 0.1) is 6.92 Å². The summed E-state index contributed by atoms with van der Waals surface area (Å²) in [6.45, 7) is 1.83. The maximum atomic E-state index is 13.3. The Hall–Kier alpha value is -3.91. The van der Waals surface area contributed by atoms with Gasteiger partial charge < -0.3 is 14.8 Å². The number of Topliss-reactive ketones (excluding diaryl/α,β-unsaturated/α-hetero) is 1. The number of aromatic hydroxyl groups is 1. The molecule has 3 aromatic carbocycles. The van der Waals surface area contributed by atoms with E-state index in [1.54, 1.807) is 60.7 Å². The minimum absolute atomic E-state index is 0.0567. The van der Waals surface area contributed by atoms with Crippen LogP contribution >= 0.6 is 0 Å². The molecule has 2 N–H and O–H groups in total. The molecule has 0 saturated carbocycles. The predicted octanol–water partition coefficient (Wildman–Crippen LogP) is 4.25. The van der Waals surface area contributed by atoms with Crippen LogP contribution < -0.4 is 4.74 Å². The van der Waals surface area contributed by atoms with E-state index >= 15 is 0 Å². The zero-order chi connectivity index (χ0) is 22.9. The number of benzene rings is 3. The molecule has 7 nitrogen and oxygen atoms in total. The van der Waals surface area contributed by atoms with Crippen LogP contribution in [0.5, 0.6) is 11.5 Å². The number of fused-ring (bicyclic) bond motifs is 1. The highest BCUT2D eigenvalue weighted by molar-refractivity contribution is 7.90. The second kappa shape index (κ2) is 8.32. The number of H-pyrrole nitrogens is 1. The summed E-state index contributed by atoms with van der Waals surface area (Å²) in [5.74, 6) is -0.436. The lowest BCUT2D eigenvalue weighted by Gasteiger charge is -2.07. The number of aromatic nitrogens is 1. The Morgan fingerprint density at radius 3 is 2.34 bits per heavy atom. The number of aromatic amines is 1. The van der Waals surface area contributed by atoms with Gasteiger partial charge in [0.2, 0.25) is 5.78 Å². The second-order valence-electron chi connectivity index (χ2n) is 7.18. The summed E-state index contributed by atoms with van der Waals surface area (Å²) in [6, 6.07) is 19.2. The first-order valence-corrected chi connectivity index (χ1v) is 11.1. The standard InChI is InChI=1S/C24H20N2O5S/c1-15-8-11-18(12-9-15)32(29,30)26-22(23(27)16-6-4-3-5-7-16)21-24(28)19-14-17(31-2)10-13-20(19)25-21/h3-14,25,28H,1-2H3/b26-22+. The number of carbonyl (C=O) groups is 1. The largest absolute Gasteiger partial charge is 0.505 e. The quantitative estimate of drug-likeness (QED) is 0.339. The minimum Gasteiger partial charge on any atom is -0.505 e. The minimum atomic E-state index is -4.23. The van der Waals surface area contributed by atoms with Gasteiger partial charge in [-0.2, -0.15) is 12.8 Å². The summed E-state index contributed by atoms with van der Waals surface area (Å²) in [5.41, 5.74) is 1.12. The maximum absolute atomic E-state index is 13.3. The van der Waals surface area contributed by atoms with Crippen LogP contribution in [0.2, 0.25) is 0 Å². The van der Waals surface area contributed by atoms with Crippen LogP contribution in [0.25, 0.3) is 10.9 Å². The topological polar surface area (TPSA) is 109 Å². The number of sulfonamides is 1. The van der Waals surface area contributed by atoms with E-state index in [0.29, 0.717) is 16.7 Å². The monoisotopic (exact) mass is 448 g/mol. The Morgan fingerprint density at radius 2 is 1.69 bits per heavy atom. The molecule has 32 heavy (non-hydrogen) atoms. The number of methoxy groups -OCH3 is 1. The average molecular weight is 449 g/mol. The van der Waals surface area contributed by atoms with E-state index in [-0.39, 0.29) is 21.9 Å². The molecule has 0 amide bonds. The van der Waals surface area contributed by atoms with Crippen LogP contribution in [0.15, 0.2) is 82.1 Å². The number of aryl methyl sites for hydroxylation is 1. The fraction of sp³-hybridized carbons (Fsp3) is 0.0833. The smallest absolute Gasteiger partial charge is 0.283 e. The van der Waals surface area contributed by atoms with E-state index in [9.17, 15) is 18.3 Å². The van der Waals surface area contributed by atoms with Crippen LogP contribution in [-0.4, -0.2) is 37.1 Å². The molecule has 0 aliphatic carbocycles. The molecular weight excluding hydrogens is 428 g/mol. The van der Waals surface area contributed by atoms with Crippen molar-refractivity contribution in [1.29, 1.82) is 0 Å². The van der Waals surface area contributed by atoms with Gasteiger partial charge in [-0.15, -0.1) is 0 Å². The Morgan fingerprint density at radius 1 is 1.00 bits per heavy atom. The highest BCUT2D eigenvalue weighted by atomic mass is 32.2. The molecule has 8 heteroatoms. The number of hydrogen-bond donors (Lipinski definition) is 2. The summed E-state index contributed by atoms with van der Waals surface area (Å²) in [4.78, 5) is 16.2. The molecule has 0 unspecified atom stereocenters. The lowest BCUT2D eigenvalue weighted by atomic mass is 10.0. The van der Waals surface area contributed by atoms with Crippen molar-refractivity contribution < 1.29 is 23.1 Å². The second-order valence-corrected chi connectivity index (χ2v) is 8.79. The van der Waals surface area contributed by atoms with Crippen molar-refractivity contribution in [3.63, 3.8) is 0 Å². The normalized spacial score (nSPS) is 12.1. The molecule has 0 aliphatic rings. The van der Waals surface area contributed by atoms with Gasteiger partial charge in [-0.1, -0.05) is 48.0 Å². The molecule has 4 aromatic rings. The molecule has 0 atom stereocenters. The van der Waals surface area contributed by atoms with E-state index in [1.807, 2.05) is 6.92 Å². The Balaban J connectivity index is 1.94. The number of nitrogens with zero attached hydrogens (tertiary/aromatic N) is 1. The lowest BCUT2D eigenvalue weighted by Crippen LogP contribution is -2.19. The van der Waals surface area contributed by atoms with E-state index in [0.717, 1.165) is 5.56 Å². The SMILES string of the molecule is COc1ccc2[nH]c(/C(=N\S(=O)(=O)c3ccc(C)cc3)C(=O)c3ccccc3)c(O)c2c1. The third-order valence-corrected chi connectivity index (χ3v) is 6.29. The third kappa shape index (κ3) is 4.00. The van der Waals surface area contributed by atoms with Crippen LogP contribution in [0.1, 0.15) is 21.6 Å². The van der Waals surface area contributed by atoms with Crippen molar-refractivity contribution in [2.45, 2.75) is 11.8 Å². The number of ether oxygens (including phenoxy) is 1. The number of nitrogens with one attached hydrogen (secondary N) is 1. The van der Waals surface area contributed by atoms with Crippen LogP contribution in [0.3, 0.4) is 0 Å². The molecule has 162 valence electrons. The lowest BCUT2D eigenvalue weighted by molar-refractivity contribution is 0.106. The van der Waals surface area contributed by atoms with Gasteiger partial charge in [-0.05, 0) is 37.3 Å². The van der Waals surface area contributed by atoms with Gasteiger partial charge in [-0.25, -0.2) is 0 Å². The van der Waals surface area contributed by atoms with Gasteiger partial charge in [0.25, 0.3) is 10.0 Å². The van der Waals surface area contributed by atoms with Gasteiger partial charge in [0.15, 0.2) is 11.5 Å². The van der Waals surface area contributed by atoms with E-state index in [4.69, 9.17) is 4.74 Å². The molecule has 0 radical (unpaired) electrons. The van der Waals surface area contributed by atoms with Crippen molar-refractivity contribution in [2.75, 3.05) is 7.11 Å². The first-order valence-electron chi connectivity index (χ1n) is 9.70. The zero-order valence-electron chi connectivity index (χ0n) is 17.4. The molecule has 0 bridgehead atoms. The van der Waals surface area contributed by atoms with Crippen LogP contribution in [-0.2, 0) is 10.0 Å². The number of ketones is 1. The van der Waals surface area contributed by atoms with Gasteiger partial charge in [-0.3, -0.25) is 4.79 Å². The Kier molecular flexibility index (Phi) is 5.54. The van der Waals surface area contributed by atoms with Crippen molar-refractivity contribution in [2.24, 2.45) is 4.40 Å². The first-order chi connectivity index (χ1) is 15.3. The summed E-state index contributed by atoms with van der Waals surface area (Å²) in [7, 11) is -2.74. The number of rotatable bonds is 6. The fourth-order valence-electron chi connectivity index (χ4n) is 3.27. The zero-order valence-corrected chi connectivity index (χ0v) is 18.2. The van der Waals surface area contributed by atoms with Crippen molar-refractivity contribution in [3.8, 4) is 11.5 Å².